The van der Waals surface area contributed by atoms with Gasteiger partial charge < -0.3 is 11.1 Å². The van der Waals surface area contributed by atoms with Gasteiger partial charge in [-0.1, -0.05) is 12.8 Å². The highest BCUT2D eigenvalue weighted by Gasteiger charge is 2.29. The third kappa shape index (κ3) is 4.76. The van der Waals surface area contributed by atoms with Gasteiger partial charge in [0.1, 0.15) is 5.75 Å². The van der Waals surface area contributed by atoms with Crippen LogP contribution in [-0.4, -0.2) is 33.7 Å². The van der Waals surface area contributed by atoms with Crippen LogP contribution in [0.1, 0.15) is 39.5 Å². The van der Waals surface area contributed by atoms with E-state index >= 15 is 0 Å². The molecule has 1 aliphatic carbocycles. The van der Waals surface area contributed by atoms with Gasteiger partial charge in [-0.15, -0.1) is 0 Å². The average molecular weight is 260 g/mol. The van der Waals surface area contributed by atoms with Crippen LogP contribution in [0, 0.1) is 5.92 Å². The first-order chi connectivity index (χ1) is 8.04. The fraction of sp³-hybridized carbons (Fsp3) is 0.917. The van der Waals surface area contributed by atoms with Gasteiger partial charge in [0.25, 0.3) is 0 Å². The van der Waals surface area contributed by atoms with E-state index in [1.807, 2.05) is 13.8 Å². The first kappa shape index (κ1) is 14.6. The monoisotopic (exact) mass is 260 g/mol. The maximum atomic E-state index is 12.2. The number of nitrogens with two attached hydrogens (primary N) is 1. The van der Waals surface area contributed by atoms with Gasteiger partial charge in [-0.05, 0) is 39.2 Å². The Balaban J connectivity index is 2.47. The molecule has 0 radical (unpaired) electrons. The predicted octanol–water partition coefficient (Wildman–Crippen LogP) is 0.777. The van der Waals surface area contributed by atoms with E-state index in [-0.39, 0.29) is 23.0 Å². The molecule has 1 aliphatic rings. The highest BCUT2D eigenvalue weighted by molar-refractivity contribution is 7.86. The molecule has 0 aliphatic heterocycles. The first-order valence-electron chi connectivity index (χ1n) is 6.41. The smallest absolute Gasteiger partial charge is 0.232 e. The number of nitrogens with one attached hydrogen (secondary N) is 1. The number of rotatable bonds is 5. The van der Waals surface area contributed by atoms with Crippen LogP contribution in [0.5, 0.6) is 0 Å². The minimum absolute atomic E-state index is 0.108. The predicted molar refractivity (Wildman–Crippen MR) is 71.1 cm³/mol. The lowest BCUT2D eigenvalue weighted by atomic mass is 9.89. The molecule has 1 fully saturated rings. The summed E-state index contributed by atoms with van der Waals surface area (Å²) in [6.45, 7) is 4.40. The van der Waals surface area contributed by atoms with Crippen LogP contribution < -0.4 is 11.1 Å². The van der Waals surface area contributed by atoms with Crippen LogP contribution in [0.25, 0.3) is 0 Å². The molecule has 0 aromatic rings. The molecular formula is C12H24N2O2S. The topological polar surface area (TPSA) is 72.2 Å². The van der Waals surface area contributed by atoms with Crippen molar-refractivity contribution >= 4 is 16.7 Å². The van der Waals surface area contributed by atoms with Crippen LogP contribution in [-0.2, 0) is 15.6 Å². The highest BCUT2D eigenvalue weighted by Crippen LogP contribution is 2.27. The number of amides is 1. The Morgan fingerprint density at radius 3 is 2.65 bits per heavy atom. The Bertz CT molecular complexity index is 282. The minimum Gasteiger partial charge on any atom is -0.353 e. The van der Waals surface area contributed by atoms with E-state index in [9.17, 15) is 9.00 Å². The van der Waals surface area contributed by atoms with Gasteiger partial charge in [0.05, 0.1) is 0 Å². The molecule has 0 aromatic carbocycles. The van der Waals surface area contributed by atoms with Crippen molar-refractivity contribution in [1.82, 2.24) is 5.32 Å². The second-order valence-corrected chi connectivity index (χ2v) is 6.72. The molecular weight excluding hydrogens is 236 g/mol. The van der Waals surface area contributed by atoms with Crippen LogP contribution >= 0.6 is 0 Å². The third-order valence-electron chi connectivity index (χ3n) is 3.20. The Kier molecular flexibility index (Phi) is 6.12. The van der Waals surface area contributed by atoms with Crippen molar-refractivity contribution in [2.24, 2.45) is 11.7 Å². The lowest BCUT2D eigenvalue weighted by Crippen LogP contribution is -2.40. The second kappa shape index (κ2) is 7.11. The van der Waals surface area contributed by atoms with Gasteiger partial charge >= 0.3 is 0 Å². The van der Waals surface area contributed by atoms with Crippen LogP contribution in [0.15, 0.2) is 0 Å². The Morgan fingerprint density at radius 2 is 2.06 bits per heavy atom. The average Bonchev–Trinajstić information content (AvgIpc) is 2.27. The number of carbonyl (C=O) groups excluding carboxylic acids is 1. The molecule has 0 aromatic heterocycles. The molecule has 5 heteroatoms. The minimum atomic E-state index is -1.07. The maximum Gasteiger partial charge on any atom is 0.232 e. The molecule has 3 unspecified atom stereocenters. The van der Waals surface area contributed by atoms with Gasteiger partial charge in [-0.2, -0.15) is 0 Å². The summed E-state index contributed by atoms with van der Waals surface area (Å²) in [5.41, 5.74) is 5.71. The molecule has 0 saturated heterocycles. The van der Waals surface area contributed by atoms with E-state index in [2.05, 4.69) is 5.32 Å². The molecule has 3 atom stereocenters. The molecule has 100 valence electrons. The maximum absolute atomic E-state index is 12.2. The molecule has 0 heterocycles. The number of hydrogen-bond acceptors (Lipinski definition) is 3. The SMILES string of the molecule is CC(C)NC(=O)CS(=O)C1CCCCC1CN. The van der Waals surface area contributed by atoms with Crippen LogP contribution in [0.2, 0.25) is 0 Å². The molecule has 0 spiro atoms. The van der Waals surface area contributed by atoms with E-state index < -0.39 is 10.8 Å². The summed E-state index contributed by atoms with van der Waals surface area (Å²) in [5, 5.41) is 2.90. The Hall–Kier alpha value is -0.420. The zero-order valence-corrected chi connectivity index (χ0v) is 11.6. The molecule has 3 N–H and O–H groups in total. The zero-order chi connectivity index (χ0) is 12.8. The van der Waals surface area contributed by atoms with Crippen molar-refractivity contribution in [3.05, 3.63) is 0 Å². The van der Waals surface area contributed by atoms with Crippen LogP contribution in [0.4, 0.5) is 0 Å². The summed E-state index contributed by atoms with van der Waals surface area (Å²) in [4.78, 5) is 11.6. The van der Waals surface area contributed by atoms with Crippen molar-refractivity contribution in [3.63, 3.8) is 0 Å². The van der Waals surface area contributed by atoms with Crippen molar-refractivity contribution < 1.29 is 9.00 Å². The first-order valence-corrected chi connectivity index (χ1v) is 7.79. The van der Waals surface area contributed by atoms with Crippen molar-refractivity contribution in [2.45, 2.75) is 50.8 Å². The standard InChI is InChI=1S/C12H24N2O2S/c1-9(2)14-12(15)8-17(16)11-6-4-3-5-10(11)7-13/h9-11H,3-8,13H2,1-2H3,(H,14,15). The summed E-state index contributed by atoms with van der Waals surface area (Å²) in [6, 6.07) is 0.108. The second-order valence-electron chi connectivity index (χ2n) is 5.07. The zero-order valence-electron chi connectivity index (χ0n) is 10.8. The van der Waals surface area contributed by atoms with Crippen molar-refractivity contribution in [2.75, 3.05) is 12.3 Å². The van der Waals surface area contributed by atoms with E-state index in [4.69, 9.17) is 5.73 Å². The lowest BCUT2D eigenvalue weighted by Gasteiger charge is -2.29. The third-order valence-corrected chi connectivity index (χ3v) is 5.05. The van der Waals surface area contributed by atoms with Gasteiger partial charge in [-0.25, -0.2) is 0 Å². The lowest BCUT2D eigenvalue weighted by molar-refractivity contribution is -0.119. The van der Waals surface area contributed by atoms with Gasteiger partial charge in [0.15, 0.2) is 0 Å². The van der Waals surface area contributed by atoms with Gasteiger partial charge in [-0.3, -0.25) is 9.00 Å². The highest BCUT2D eigenvalue weighted by atomic mass is 32.2. The largest absolute Gasteiger partial charge is 0.353 e. The van der Waals surface area contributed by atoms with E-state index in [1.54, 1.807) is 0 Å². The van der Waals surface area contributed by atoms with Gasteiger partial charge in [0, 0.05) is 22.1 Å². The number of carbonyl (C=O) groups is 1. The molecule has 1 amide bonds. The summed E-state index contributed by atoms with van der Waals surface area (Å²) in [5.74, 6) is 0.343. The summed E-state index contributed by atoms with van der Waals surface area (Å²) in [7, 11) is -1.07. The number of hydrogen-bond donors (Lipinski definition) is 2. The molecule has 1 rings (SSSR count). The normalized spacial score (nSPS) is 26.8. The van der Waals surface area contributed by atoms with E-state index in [0.29, 0.717) is 12.5 Å². The quantitative estimate of drug-likeness (QED) is 0.767. The molecule has 1 saturated carbocycles. The van der Waals surface area contributed by atoms with E-state index in [0.717, 1.165) is 19.3 Å². The van der Waals surface area contributed by atoms with Gasteiger partial charge in [0.2, 0.25) is 5.91 Å². The summed E-state index contributed by atoms with van der Waals surface area (Å²) >= 11 is 0. The van der Waals surface area contributed by atoms with Crippen LogP contribution in [0.3, 0.4) is 0 Å². The van der Waals surface area contributed by atoms with E-state index in [1.165, 1.54) is 6.42 Å². The molecule has 17 heavy (non-hydrogen) atoms. The Labute approximate surface area is 106 Å². The summed E-state index contributed by atoms with van der Waals surface area (Å²) in [6.07, 6.45) is 4.29. The fourth-order valence-corrected chi connectivity index (χ4v) is 4.05. The summed E-state index contributed by atoms with van der Waals surface area (Å²) < 4.78 is 12.2. The Morgan fingerprint density at radius 1 is 1.41 bits per heavy atom. The fourth-order valence-electron chi connectivity index (χ4n) is 2.39. The molecule has 4 nitrogen and oxygen atoms in total. The molecule has 0 bridgehead atoms. The van der Waals surface area contributed by atoms with Crippen molar-refractivity contribution in [1.29, 1.82) is 0 Å². The van der Waals surface area contributed by atoms with Crippen molar-refractivity contribution in [3.8, 4) is 0 Å².